The molecule has 0 aromatic heterocycles. The summed E-state index contributed by atoms with van der Waals surface area (Å²) in [5.74, 6) is 5.97. The lowest BCUT2D eigenvalue weighted by Gasteiger charge is -2.20. The van der Waals surface area contributed by atoms with Gasteiger partial charge < -0.3 is 15.4 Å². The number of carbonyl (C=O) groups excluding carboxylic acids is 1. The Morgan fingerprint density at radius 1 is 1.43 bits per heavy atom. The van der Waals surface area contributed by atoms with Gasteiger partial charge in [0, 0.05) is 19.2 Å². The maximum Gasteiger partial charge on any atom is 0.228 e. The zero-order chi connectivity index (χ0) is 15.2. The van der Waals surface area contributed by atoms with Gasteiger partial charge >= 0.3 is 0 Å². The van der Waals surface area contributed by atoms with E-state index in [1.165, 1.54) is 0 Å². The molecule has 2 rings (SSSR count). The number of amides is 1. The average Bonchev–Trinajstić information content (AvgIpc) is 2.92. The molecule has 0 spiro atoms. The van der Waals surface area contributed by atoms with Crippen LogP contribution in [0.15, 0.2) is 24.3 Å². The molecule has 1 fully saturated rings. The average molecular weight is 286 g/mol. The van der Waals surface area contributed by atoms with E-state index in [1.54, 1.807) is 4.90 Å². The summed E-state index contributed by atoms with van der Waals surface area (Å²) < 4.78 is 5.47. The van der Waals surface area contributed by atoms with Crippen molar-refractivity contribution in [3.63, 3.8) is 0 Å². The lowest BCUT2D eigenvalue weighted by molar-refractivity contribution is -0.134. The molecule has 1 aromatic carbocycles. The van der Waals surface area contributed by atoms with E-state index >= 15 is 0 Å². The van der Waals surface area contributed by atoms with Crippen molar-refractivity contribution < 1.29 is 9.53 Å². The molecule has 21 heavy (non-hydrogen) atoms. The lowest BCUT2D eigenvalue weighted by atomic mass is 10.0. The molecule has 2 atom stereocenters. The first kappa shape index (κ1) is 15.6. The molecule has 1 heterocycles. The normalized spacial score (nSPS) is 20.7. The zero-order valence-electron chi connectivity index (χ0n) is 12.6. The van der Waals surface area contributed by atoms with Crippen LogP contribution in [-0.2, 0) is 16.1 Å². The van der Waals surface area contributed by atoms with Gasteiger partial charge in [-0.25, -0.2) is 0 Å². The fourth-order valence-corrected chi connectivity index (χ4v) is 2.50. The highest BCUT2D eigenvalue weighted by atomic mass is 16.5. The highest BCUT2D eigenvalue weighted by Gasteiger charge is 2.30. The standard InChI is InChI=1S/C17H22N2O2/c1-13-10-16(12-21-13)17(20)19(2)11-15-7-5-14(6-8-15)4-3-9-18/h5-8,13,16H,9-12,18H2,1-2H3. The molecule has 1 aliphatic heterocycles. The van der Waals surface area contributed by atoms with Gasteiger partial charge in [-0.05, 0) is 31.0 Å². The molecular weight excluding hydrogens is 264 g/mol. The molecular formula is C17H22N2O2. The van der Waals surface area contributed by atoms with Crippen LogP contribution in [0.25, 0.3) is 0 Å². The molecule has 4 nitrogen and oxygen atoms in total. The highest BCUT2D eigenvalue weighted by Crippen LogP contribution is 2.21. The number of hydrogen-bond donors (Lipinski definition) is 1. The van der Waals surface area contributed by atoms with Gasteiger partial charge in [0.25, 0.3) is 0 Å². The monoisotopic (exact) mass is 286 g/mol. The van der Waals surface area contributed by atoms with Crippen molar-refractivity contribution in [2.75, 3.05) is 20.2 Å². The summed E-state index contributed by atoms with van der Waals surface area (Å²) in [6.45, 7) is 3.52. The predicted octanol–water partition coefficient (Wildman–Crippen LogP) is 1.38. The van der Waals surface area contributed by atoms with Crippen LogP contribution in [0.5, 0.6) is 0 Å². The number of ether oxygens (including phenoxy) is 1. The Balaban J connectivity index is 1.93. The number of nitrogens with two attached hydrogens (primary N) is 1. The largest absolute Gasteiger partial charge is 0.378 e. The molecule has 0 aliphatic carbocycles. The number of hydrogen-bond acceptors (Lipinski definition) is 3. The van der Waals surface area contributed by atoms with Crippen molar-refractivity contribution in [1.29, 1.82) is 0 Å². The summed E-state index contributed by atoms with van der Waals surface area (Å²) in [6, 6.07) is 7.91. The van der Waals surface area contributed by atoms with Crippen molar-refractivity contribution >= 4 is 5.91 Å². The van der Waals surface area contributed by atoms with Crippen molar-refractivity contribution in [2.45, 2.75) is 26.0 Å². The second kappa shape index (κ2) is 7.26. The predicted molar refractivity (Wildman–Crippen MR) is 82.4 cm³/mol. The van der Waals surface area contributed by atoms with Gasteiger partial charge in [0.1, 0.15) is 0 Å². The van der Waals surface area contributed by atoms with E-state index in [0.29, 0.717) is 19.7 Å². The minimum absolute atomic E-state index is 0.000283. The second-order valence-corrected chi connectivity index (χ2v) is 5.47. The molecule has 1 saturated heterocycles. The summed E-state index contributed by atoms with van der Waals surface area (Å²) in [4.78, 5) is 14.1. The van der Waals surface area contributed by atoms with Crippen LogP contribution in [0, 0.1) is 17.8 Å². The van der Waals surface area contributed by atoms with E-state index < -0.39 is 0 Å². The fourth-order valence-electron chi connectivity index (χ4n) is 2.50. The van der Waals surface area contributed by atoms with E-state index in [0.717, 1.165) is 17.5 Å². The van der Waals surface area contributed by atoms with E-state index in [4.69, 9.17) is 10.5 Å². The van der Waals surface area contributed by atoms with Crippen LogP contribution in [0.3, 0.4) is 0 Å². The van der Waals surface area contributed by atoms with Gasteiger partial charge in [-0.2, -0.15) is 0 Å². The highest BCUT2D eigenvalue weighted by molar-refractivity contribution is 5.79. The van der Waals surface area contributed by atoms with Gasteiger partial charge in [-0.15, -0.1) is 0 Å². The summed E-state index contributed by atoms with van der Waals surface area (Å²) in [5, 5.41) is 0. The Hall–Kier alpha value is -1.83. The zero-order valence-corrected chi connectivity index (χ0v) is 12.6. The first-order valence-corrected chi connectivity index (χ1v) is 7.24. The summed E-state index contributed by atoms with van der Waals surface area (Å²) in [7, 11) is 1.84. The van der Waals surface area contributed by atoms with E-state index in [2.05, 4.69) is 11.8 Å². The summed E-state index contributed by atoms with van der Waals surface area (Å²) in [6.07, 6.45) is 1.00. The minimum Gasteiger partial charge on any atom is -0.378 e. The molecule has 2 unspecified atom stereocenters. The van der Waals surface area contributed by atoms with Gasteiger partial charge in [0.05, 0.1) is 25.2 Å². The van der Waals surface area contributed by atoms with Gasteiger partial charge in [0.2, 0.25) is 5.91 Å². The molecule has 1 aromatic rings. The van der Waals surface area contributed by atoms with E-state index in [1.807, 2.05) is 38.2 Å². The Labute approximate surface area is 126 Å². The fraction of sp³-hybridized carbons (Fsp3) is 0.471. The Bertz CT molecular complexity index is 542. The third kappa shape index (κ3) is 4.32. The first-order chi connectivity index (χ1) is 10.1. The van der Waals surface area contributed by atoms with Crippen LogP contribution in [-0.4, -0.2) is 37.1 Å². The van der Waals surface area contributed by atoms with Gasteiger partial charge in [-0.1, -0.05) is 24.0 Å². The smallest absolute Gasteiger partial charge is 0.228 e. The van der Waals surface area contributed by atoms with Crippen LogP contribution in [0.1, 0.15) is 24.5 Å². The Morgan fingerprint density at radius 3 is 2.71 bits per heavy atom. The quantitative estimate of drug-likeness (QED) is 0.854. The molecule has 112 valence electrons. The Kier molecular flexibility index (Phi) is 5.38. The molecule has 2 N–H and O–H groups in total. The number of benzene rings is 1. The van der Waals surface area contributed by atoms with Crippen LogP contribution in [0.2, 0.25) is 0 Å². The molecule has 0 saturated carbocycles. The van der Waals surface area contributed by atoms with E-state index in [9.17, 15) is 4.79 Å². The Morgan fingerprint density at radius 2 is 2.14 bits per heavy atom. The third-order valence-electron chi connectivity index (χ3n) is 3.63. The second-order valence-electron chi connectivity index (χ2n) is 5.47. The third-order valence-corrected chi connectivity index (χ3v) is 3.63. The maximum absolute atomic E-state index is 12.3. The van der Waals surface area contributed by atoms with E-state index in [-0.39, 0.29) is 17.9 Å². The lowest BCUT2D eigenvalue weighted by Crippen LogP contribution is -2.32. The number of carbonyl (C=O) groups is 1. The molecule has 1 aliphatic rings. The van der Waals surface area contributed by atoms with Gasteiger partial charge in [-0.3, -0.25) is 4.79 Å². The summed E-state index contributed by atoms with van der Waals surface area (Å²) in [5.41, 5.74) is 7.38. The molecule has 4 heteroatoms. The maximum atomic E-state index is 12.3. The molecule has 1 amide bonds. The van der Waals surface area contributed by atoms with Crippen molar-refractivity contribution in [3.05, 3.63) is 35.4 Å². The van der Waals surface area contributed by atoms with Crippen molar-refractivity contribution in [2.24, 2.45) is 11.7 Å². The van der Waals surface area contributed by atoms with Crippen LogP contribution >= 0.6 is 0 Å². The van der Waals surface area contributed by atoms with Crippen molar-refractivity contribution in [1.82, 2.24) is 4.90 Å². The topological polar surface area (TPSA) is 55.6 Å². The first-order valence-electron chi connectivity index (χ1n) is 7.24. The number of rotatable bonds is 3. The van der Waals surface area contributed by atoms with Gasteiger partial charge in [0.15, 0.2) is 0 Å². The van der Waals surface area contributed by atoms with Crippen LogP contribution in [0.4, 0.5) is 0 Å². The molecule has 0 radical (unpaired) electrons. The minimum atomic E-state index is -0.000283. The number of nitrogens with zero attached hydrogens (tertiary/aromatic N) is 1. The SMILES string of the molecule is CC1CC(C(=O)N(C)Cc2ccc(C#CCN)cc2)CO1. The molecule has 0 bridgehead atoms. The van der Waals surface area contributed by atoms with Crippen LogP contribution < -0.4 is 5.73 Å². The van der Waals surface area contributed by atoms with Crippen molar-refractivity contribution in [3.8, 4) is 11.8 Å². The summed E-state index contributed by atoms with van der Waals surface area (Å²) >= 11 is 0.